The Morgan fingerprint density at radius 2 is 2.11 bits per heavy atom. The van der Waals surface area contributed by atoms with Gasteiger partial charge in [-0.3, -0.25) is 4.79 Å². The van der Waals surface area contributed by atoms with Crippen LogP contribution in [0.5, 0.6) is 0 Å². The fourth-order valence-electron chi connectivity index (χ4n) is 3.02. The van der Waals surface area contributed by atoms with Crippen LogP contribution < -0.4 is 5.32 Å². The lowest BCUT2D eigenvalue weighted by molar-refractivity contribution is -0.114. The first kappa shape index (κ1) is 19.4. The third kappa shape index (κ3) is 4.17. The van der Waals surface area contributed by atoms with Gasteiger partial charge in [-0.1, -0.05) is 23.4 Å². The summed E-state index contributed by atoms with van der Waals surface area (Å²) in [7, 11) is 0. The van der Waals surface area contributed by atoms with Gasteiger partial charge in [0.1, 0.15) is 10.7 Å². The number of hydrogen-bond acceptors (Lipinski definition) is 7. The van der Waals surface area contributed by atoms with E-state index in [1.54, 1.807) is 18.7 Å². The highest BCUT2D eigenvalue weighted by Crippen LogP contribution is 2.42. The minimum atomic E-state index is -0.467. The number of amides is 1. The molecule has 3 rings (SSSR count). The van der Waals surface area contributed by atoms with Crippen LogP contribution in [-0.4, -0.2) is 34.7 Å². The number of benzene rings is 1. The van der Waals surface area contributed by atoms with Crippen molar-refractivity contribution in [3.63, 3.8) is 0 Å². The number of ether oxygens (including phenoxy) is 1. The molecule has 1 atom stereocenters. The Kier molecular flexibility index (Phi) is 6.18. The maximum atomic E-state index is 12.5. The lowest BCUT2D eigenvalue weighted by atomic mass is 9.93. The summed E-state index contributed by atoms with van der Waals surface area (Å²) >= 11 is 2.88. The van der Waals surface area contributed by atoms with Crippen molar-refractivity contribution in [2.24, 2.45) is 5.16 Å². The molecule has 0 radical (unpaired) electrons. The van der Waals surface area contributed by atoms with E-state index in [1.807, 2.05) is 30.3 Å². The molecule has 2 aromatic rings. The van der Waals surface area contributed by atoms with Crippen LogP contribution in [-0.2, 0) is 16.0 Å². The molecule has 27 heavy (non-hydrogen) atoms. The van der Waals surface area contributed by atoms with E-state index in [-0.39, 0.29) is 17.8 Å². The molecule has 142 valence electrons. The van der Waals surface area contributed by atoms with Crippen molar-refractivity contribution in [2.75, 3.05) is 11.9 Å². The van der Waals surface area contributed by atoms with Crippen LogP contribution in [0, 0.1) is 0 Å². The first-order chi connectivity index (χ1) is 13.0. The Labute approximate surface area is 165 Å². The third-order valence-corrected chi connectivity index (χ3v) is 6.56. The largest absolute Gasteiger partial charge is 0.462 e. The van der Waals surface area contributed by atoms with E-state index in [0.717, 1.165) is 15.3 Å². The van der Waals surface area contributed by atoms with Crippen molar-refractivity contribution < 1.29 is 19.5 Å². The molecule has 1 heterocycles. The molecule has 2 N–H and O–H groups in total. The van der Waals surface area contributed by atoms with Crippen LogP contribution in [0.1, 0.15) is 41.1 Å². The van der Waals surface area contributed by atoms with Crippen molar-refractivity contribution in [3.8, 4) is 0 Å². The molecule has 8 heteroatoms. The van der Waals surface area contributed by atoms with Gasteiger partial charge < -0.3 is 15.3 Å². The maximum absolute atomic E-state index is 12.5. The number of carbonyl (C=O) groups is 2. The van der Waals surface area contributed by atoms with Gasteiger partial charge in [0.2, 0.25) is 5.91 Å². The quantitative estimate of drug-likeness (QED) is 0.444. The minimum Gasteiger partial charge on any atom is -0.462 e. The number of thiophene rings is 1. The summed E-state index contributed by atoms with van der Waals surface area (Å²) in [6.07, 6.45) is 1.36. The zero-order valence-electron chi connectivity index (χ0n) is 15.0. The number of fused-ring (bicyclic) bond motifs is 1. The number of anilines is 1. The number of carbonyl (C=O) groups excluding carboxylic acids is 2. The van der Waals surface area contributed by atoms with Crippen molar-refractivity contribution in [3.05, 3.63) is 46.3 Å². The second-order valence-corrected chi connectivity index (χ2v) is 8.26. The van der Waals surface area contributed by atoms with Crippen LogP contribution in [0.4, 0.5) is 5.00 Å². The summed E-state index contributed by atoms with van der Waals surface area (Å²) in [6, 6.07) is 9.90. The molecular weight excluding hydrogens is 384 g/mol. The Morgan fingerprint density at radius 3 is 2.74 bits per heavy atom. The average molecular weight is 405 g/mol. The minimum absolute atomic E-state index is 0.0382. The highest BCUT2D eigenvalue weighted by Gasteiger charge is 2.35. The van der Waals surface area contributed by atoms with Gasteiger partial charge in [0.25, 0.3) is 0 Å². The molecule has 1 aliphatic rings. The Morgan fingerprint density at radius 1 is 1.37 bits per heavy atom. The van der Waals surface area contributed by atoms with E-state index >= 15 is 0 Å². The smallest absolute Gasteiger partial charge is 0.341 e. The molecule has 0 saturated carbocycles. The molecule has 6 nitrogen and oxygen atoms in total. The van der Waals surface area contributed by atoms with Crippen molar-refractivity contribution in [2.45, 2.75) is 36.8 Å². The molecule has 0 spiro atoms. The van der Waals surface area contributed by atoms with E-state index in [9.17, 15) is 14.8 Å². The highest BCUT2D eigenvalue weighted by molar-refractivity contribution is 8.00. The lowest BCUT2D eigenvalue weighted by Crippen LogP contribution is -2.25. The number of nitrogens with one attached hydrogen (secondary N) is 1. The van der Waals surface area contributed by atoms with Gasteiger partial charge in [-0.05, 0) is 37.5 Å². The van der Waals surface area contributed by atoms with Gasteiger partial charge in [-0.2, -0.15) is 0 Å². The molecule has 1 aliphatic carbocycles. The second kappa shape index (κ2) is 8.58. The average Bonchev–Trinajstić information content (AvgIpc) is 3.00. The molecule has 0 saturated heterocycles. The van der Waals surface area contributed by atoms with Gasteiger partial charge in [0, 0.05) is 11.8 Å². The molecule has 1 aromatic carbocycles. The summed E-state index contributed by atoms with van der Waals surface area (Å²) in [6.45, 7) is 3.38. The van der Waals surface area contributed by atoms with Crippen LogP contribution in [0.2, 0.25) is 0 Å². The SMILES string of the molecule is CCOC(=O)c1c(NC(C)=O)sc2c1CC[C@@H](Sc1ccccc1)C2=NO. The Hall–Kier alpha value is -2.32. The first-order valence-electron chi connectivity index (χ1n) is 8.59. The zero-order valence-corrected chi connectivity index (χ0v) is 16.7. The topological polar surface area (TPSA) is 88.0 Å². The van der Waals surface area contributed by atoms with Crippen molar-refractivity contribution in [1.29, 1.82) is 0 Å². The van der Waals surface area contributed by atoms with Crippen LogP contribution in [0.25, 0.3) is 0 Å². The van der Waals surface area contributed by atoms with Gasteiger partial charge in [-0.25, -0.2) is 4.79 Å². The van der Waals surface area contributed by atoms with E-state index in [4.69, 9.17) is 4.74 Å². The summed E-state index contributed by atoms with van der Waals surface area (Å²) < 4.78 is 5.17. The van der Waals surface area contributed by atoms with Gasteiger partial charge >= 0.3 is 5.97 Å². The molecule has 1 amide bonds. The fourth-order valence-corrected chi connectivity index (χ4v) is 5.58. The van der Waals surface area contributed by atoms with Gasteiger partial charge in [0.05, 0.1) is 22.3 Å². The lowest BCUT2D eigenvalue weighted by Gasteiger charge is -2.23. The van der Waals surface area contributed by atoms with E-state index in [2.05, 4.69) is 10.5 Å². The number of esters is 1. The van der Waals surface area contributed by atoms with Crippen LogP contribution in [0.3, 0.4) is 0 Å². The second-order valence-electron chi connectivity index (χ2n) is 5.96. The van der Waals surface area contributed by atoms with E-state index < -0.39 is 5.97 Å². The normalized spacial score (nSPS) is 17.4. The molecule has 0 fully saturated rings. The van der Waals surface area contributed by atoms with Gasteiger partial charge in [0.15, 0.2) is 0 Å². The van der Waals surface area contributed by atoms with Crippen LogP contribution in [0.15, 0.2) is 40.4 Å². The highest BCUT2D eigenvalue weighted by atomic mass is 32.2. The summed E-state index contributed by atoms with van der Waals surface area (Å²) in [5.41, 5.74) is 1.67. The Bertz CT molecular complexity index is 877. The van der Waals surface area contributed by atoms with Crippen molar-refractivity contribution >= 4 is 45.7 Å². The van der Waals surface area contributed by atoms with E-state index in [1.165, 1.54) is 18.3 Å². The molecule has 0 bridgehead atoms. The third-order valence-electron chi connectivity index (χ3n) is 4.10. The molecule has 1 aromatic heterocycles. The monoisotopic (exact) mass is 404 g/mol. The zero-order chi connectivity index (χ0) is 19.4. The first-order valence-corrected chi connectivity index (χ1v) is 10.3. The number of rotatable bonds is 5. The predicted molar refractivity (Wildman–Crippen MR) is 107 cm³/mol. The Balaban J connectivity index is 1.99. The van der Waals surface area contributed by atoms with E-state index in [0.29, 0.717) is 29.1 Å². The molecular formula is C19H20N2O4S2. The molecule has 0 unspecified atom stereocenters. The number of oxime groups is 1. The summed E-state index contributed by atoms with van der Waals surface area (Å²) in [5, 5.41) is 16.4. The number of hydrogen-bond donors (Lipinski definition) is 2. The van der Waals surface area contributed by atoms with Crippen LogP contribution >= 0.6 is 23.1 Å². The van der Waals surface area contributed by atoms with Crippen molar-refractivity contribution in [1.82, 2.24) is 0 Å². The fraction of sp³-hybridized carbons (Fsp3) is 0.316. The predicted octanol–water partition coefficient (Wildman–Crippen LogP) is 4.17. The maximum Gasteiger partial charge on any atom is 0.341 e. The van der Waals surface area contributed by atoms with Gasteiger partial charge in [-0.15, -0.1) is 23.1 Å². The number of nitrogens with zero attached hydrogens (tertiary/aromatic N) is 1. The summed E-state index contributed by atoms with van der Waals surface area (Å²) in [4.78, 5) is 25.9. The number of thioether (sulfide) groups is 1. The standard InChI is InChI=1S/C19H20N2O4S2/c1-3-25-19(23)15-13-9-10-14(26-12-7-5-4-6-8-12)16(21-24)17(13)27-18(15)20-11(2)22/h4-8,14,24H,3,9-10H2,1-2H3,(H,20,22)/t14-/m1/s1. The summed E-state index contributed by atoms with van der Waals surface area (Å²) in [5.74, 6) is -0.734. The molecule has 0 aliphatic heterocycles.